The Labute approximate surface area is 160 Å². The van der Waals surface area contributed by atoms with E-state index >= 15 is 0 Å². The van der Waals surface area contributed by atoms with Gasteiger partial charge in [0.2, 0.25) is 19.1 Å². The van der Waals surface area contributed by atoms with Gasteiger partial charge in [-0.05, 0) is 29.5 Å². The molecule has 0 fully saturated rings. The van der Waals surface area contributed by atoms with Crippen LogP contribution in [-0.4, -0.2) is 31.2 Å². The Kier molecular flexibility index (Phi) is 6.68. The van der Waals surface area contributed by atoms with Gasteiger partial charge in [-0.15, -0.1) is 0 Å². The van der Waals surface area contributed by atoms with Gasteiger partial charge in [-0.3, -0.25) is 14.9 Å². The average molecular weight is 379 g/mol. The van der Waals surface area contributed by atoms with Crippen molar-refractivity contribution in [3.63, 3.8) is 0 Å². The molecule has 1 aliphatic rings. The smallest absolute Gasteiger partial charge is 0.231 e. The van der Waals surface area contributed by atoms with E-state index in [0.29, 0.717) is 29.2 Å². The zero-order chi connectivity index (χ0) is 20.2. The maximum atomic E-state index is 12.9. The van der Waals surface area contributed by atoms with Gasteiger partial charge in [-0.25, -0.2) is 0 Å². The number of Topliss-reactive ketones (excluding diaryl/α,β-unsaturated/α-hetero) is 1. The fourth-order valence-electron chi connectivity index (χ4n) is 3.70. The number of ketones is 1. The normalized spacial score (nSPS) is 15.3. The second-order valence-corrected chi connectivity index (χ2v) is 7.92. The highest BCUT2D eigenvalue weighted by molar-refractivity contribution is 5.82. The highest BCUT2D eigenvalue weighted by atomic mass is 16.7. The lowest BCUT2D eigenvalue weighted by atomic mass is 9.76. The number of carbonyl (C=O) groups is 1. The van der Waals surface area contributed by atoms with Gasteiger partial charge in [0.15, 0.2) is 11.5 Å². The topological polar surface area (TPSA) is 87.9 Å². The van der Waals surface area contributed by atoms with Crippen molar-refractivity contribution in [2.45, 2.75) is 52.9 Å². The molecular weight excluding hydrogens is 350 g/mol. The third-order valence-electron chi connectivity index (χ3n) is 5.15. The first-order valence-corrected chi connectivity index (χ1v) is 9.30. The molecule has 2 rings (SSSR count). The molecule has 1 aromatic carbocycles. The van der Waals surface area contributed by atoms with E-state index in [1.54, 1.807) is 19.1 Å². The highest BCUT2D eigenvalue weighted by Gasteiger charge is 2.34. The summed E-state index contributed by atoms with van der Waals surface area (Å²) in [5, 5.41) is 11.3. The molecule has 0 aliphatic carbocycles. The lowest BCUT2D eigenvalue weighted by molar-refractivity contribution is -0.484. The largest absolute Gasteiger partial charge is 0.493 e. The molecule has 0 aromatic heterocycles. The fourth-order valence-corrected chi connectivity index (χ4v) is 3.70. The summed E-state index contributed by atoms with van der Waals surface area (Å²) in [6.07, 6.45) is 2.33. The number of rotatable bonds is 10. The molecule has 0 bridgehead atoms. The molecule has 1 aromatic rings. The first-order valence-electron chi connectivity index (χ1n) is 9.30. The van der Waals surface area contributed by atoms with E-state index in [4.69, 9.17) is 14.2 Å². The third kappa shape index (κ3) is 5.11. The standard InChI is InChI=1S/C20H29NO6/c1-6-7-20(3,4)10-16(22)13(2)15(11-21(23)24)14-8-17(25-5)19-18(9-14)26-12-27-19/h8-9,13,15H,6-7,10-12H2,1-5H3. The molecular formula is C20H29NO6. The number of nitro groups is 1. The molecule has 0 N–H and O–H groups in total. The molecule has 7 heteroatoms. The molecule has 0 spiro atoms. The Morgan fingerprint density at radius 1 is 1.37 bits per heavy atom. The monoisotopic (exact) mass is 379 g/mol. The van der Waals surface area contributed by atoms with Gasteiger partial charge >= 0.3 is 0 Å². The maximum Gasteiger partial charge on any atom is 0.231 e. The van der Waals surface area contributed by atoms with Crippen molar-refractivity contribution >= 4 is 5.78 Å². The number of fused-ring (bicyclic) bond motifs is 1. The Balaban J connectivity index is 2.32. The minimum atomic E-state index is -0.562. The Morgan fingerprint density at radius 2 is 2.07 bits per heavy atom. The van der Waals surface area contributed by atoms with Gasteiger partial charge in [0.1, 0.15) is 5.78 Å². The van der Waals surface area contributed by atoms with Crippen LogP contribution in [0.2, 0.25) is 0 Å². The van der Waals surface area contributed by atoms with E-state index in [0.717, 1.165) is 12.8 Å². The number of nitrogens with zero attached hydrogens (tertiary/aromatic N) is 1. The van der Waals surface area contributed by atoms with Gasteiger partial charge in [-0.1, -0.05) is 34.1 Å². The maximum absolute atomic E-state index is 12.9. The number of ether oxygens (including phenoxy) is 3. The summed E-state index contributed by atoms with van der Waals surface area (Å²) < 4.78 is 16.2. The average Bonchev–Trinajstić information content (AvgIpc) is 3.06. The van der Waals surface area contributed by atoms with Crippen LogP contribution in [0.15, 0.2) is 12.1 Å². The second kappa shape index (κ2) is 8.59. The quantitative estimate of drug-likeness (QED) is 0.447. The Morgan fingerprint density at radius 3 is 2.67 bits per heavy atom. The van der Waals surface area contributed by atoms with Crippen molar-refractivity contribution in [1.29, 1.82) is 0 Å². The van der Waals surface area contributed by atoms with Crippen LogP contribution in [0.3, 0.4) is 0 Å². The molecule has 7 nitrogen and oxygen atoms in total. The van der Waals surface area contributed by atoms with E-state index < -0.39 is 11.8 Å². The number of carbonyl (C=O) groups excluding carboxylic acids is 1. The summed E-state index contributed by atoms with van der Waals surface area (Å²) in [7, 11) is 1.51. The van der Waals surface area contributed by atoms with Crippen LogP contribution < -0.4 is 14.2 Å². The molecule has 27 heavy (non-hydrogen) atoms. The van der Waals surface area contributed by atoms with Gasteiger partial charge in [0, 0.05) is 17.3 Å². The molecule has 0 amide bonds. The van der Waals surface area contributed by atoms with Gasteiger partial charge in [0.05, 0.1) is 13.0 Å². The van der Waals surface area contributed by atoms with Crippen LogP contribution in [0, 0.1) is 21.4 Å². The lowest BCUT2D eigenvalue weighted by Gasteiger charge is -2.27. The van der Waals surface area contributed by atoms with Crippen LogP contribution in [0.5, 0.6) is 17.2 Å². The van der Waals surface area contributed by atoms with Crippen LogP contribution in [0.25, 0.3) is 0 Å². The molecule has 1 heterocycles. The second-order valence-electron chi connectivity index (χ2n) is 7.92. The molecule has 0 saturated heterocycles. The van der Waals surface area contributed by atoms with Crippen LogP contribution in [-0.2, 0) is 4.79 Å². The van der Waals surface area contributed by atoms with E-state index in [1.807, 2.05) is 0 Å². The predicted molar refractivity (Wildman–Crippen MR) is 101 cm³/mol. The van der Waals surface area contributed by atoms with Gasteiger partial charge in [-0.2, -0.15) is 0 Å². The molecule has 150 valence electrons. The first-order chi connectivity index (χ1) is 12.7. The molecule has 0 saturated carbocycles. The van der Waals surface area contributed by atoms with Crippen molar-refractivity contribution < 1.29 is 23.9 Å². The summed E-state index contributed by atoms with van der Waals surface area (Å²) in [5.74, 6) is 0.425. The lowest BCUT2D eigenvalue weighted by Crippen LogP contribution is -2.29. The molecule has 2 unspecified atom stereocenters. The summed E-state index contributed by atoms with van der Waals surface area (Å²) in [5.41, 5.74) is 0.535. The van der Waals surface area contributed by atoms with E-state index in [2.05, 4.69) is 20.8 Å². The van der Waals surface area contributed by atoms with Crippen LogP contribution in [0.1, 0.15) is 58.4 Å². The van der Waals surface area contributed by atoms with Gasteiger partial charge in [0.25, 0.3) is 0 Å². The highest BCUT2D eigenvalue weighted by Crippen LogP contribution is 2.44. The van der Waals surface area contributed by atoms with Gasteiger partial charge < -0.3 is 14.2 Å². The zero-order valence-corrected chi connectivity index (χ0v) is 16.7. The number of methoxy groups -OCH3 is 1. The van der Waals surface area contributed by atoms with Crippen LogP contribution >= 0.6 is 0 Å². The summed E-state index contributed by atoms with van der Waals surface area (Å²) in [6, 6.07) is 3.43. The SMILES string of the molecule is CCCC(C)(C)CC(=O)C(C)C(C[N+](=O)[O-])c1cc(OC)c2c(c1)OCO2. The van der Waals surface area contributed by atoms with E-state index in [9.17, 15) is 14.9 Å². The minimum absolute atomic E-state index is 0.0388. The Bertz CT molecular complexity index is 700. The Hall–Kier alpha value is -2.31. The molecule has 1 aliphatic heterocycles. The van der Waals surface area contributed by atoms with E-state index in [1.165, 1.54) is 7.11 Å². The first kappa shape index (κ1) is 21.0. The molecule has 2 atom stereocenters. The van der Waals surface area contributed by atoms with Crippen molar-refractivity contribution in [3.05, 3.63) is 27.8 Å². The van der Waals surface area contributed by atoms with Crippen molar-refractivity contribution in [3.8, 4) is 17.2 Å². The minimum Gasteiger partial charge on any atom is -0.493 e. The predicted octanol–water partition coefficient (Wildman–Crippen LogP) is 4.21. The third-order valence-corrected chi connectivity index (χ3v) is 5.15. The number of benzene rings is 1. The summed E-state index contributed by atoms with van der Waals surface area (Å²) in [4.78, 5) is 23.8. The molecule has 0 radical (unpaired) electrons. The van der Waals surface area contributed by atoms with Crippen molar-refractivity contribution in [2.75, 3.05) is 20.4 Å². The summed E-state index contributed by atoms with van der Waals surface area (Å²) >= 11 is 0. The van der Waals surface area contributed by atoms with Crippen LogP contribution in [0.4, 0.5) is 0 Å². The summed E-state index contributed by atoms with van der Waals surface area (Å²) in [6.45, 7) is 7.73. The number of hydrogen-bond acceptors (Lipinski definition) is 6. The number of hydrogen-bond donors (Lipinski definition) is 0. The van der Waals surface area contributed by atoms with Crippen molar-refractivity contribution in [1.82, 2.24) is 0 Å². The van der Waals surface area contributed by atoms with E-state index in [-0.39, 0.29) is 29.5 Å². The zero-order valence-electron chi connectivity index (χ0n) is 16.7. The van der Waals surface area contributed by atoms with Crippen molar-refractivity contribution in [2.24, 2.45) is 11.3 Å². The fraction of sp³-hybridized carbons (Fsp3) is 0.650.